The van der Waals surface area contributed by atoms with Crippen LogP contribution in [0.25, 0.3) is 0 Å². The lowest BCUT2D eigenvalue weighted by molar-refractivity contribution is -0.332. The van der Waals surface area contributed by atoms with Crippen LogP contribution in [0.5, 0.6) is 0 Å². The van der Waals surface area contributed by atoms with Gasteiger partial charge in [-0.1, -0.05) is 13.8 Å². The van der Waals surface area contributed by atoms with E-state index in [4.69, 9.17) is 28.4 Å². The minimum atomic E-state index is -1.16. The molecule has 7 rings (SSSR count). The molecule has 7 bridgehead atoms. The van der Waals surface area contributed by atoms with Crippen molar-refractivity contribution in [2.45, 2.75) is 93.7 Å². The maximum absolute atomic E-state index is 13.4. The molecule has 13 atom stereocenters. The highest BCUT2D eigenvalue weighted by atomic mass is 16.7. The molecule has 202 valence electrons. The Balaban J connectivity index is 1.61. The number of nitrogens with zero attached hydrogens (tertiary/aromatic N) is 1. The van der Waals surface area contributed by atoms with Gasteiger partial charge in [0.15, 0.2) is 5.60 Å². The van der Waals surface area contributed by atoms with Crippen LogP contribution in [0, 0.1) is 28.6 Å². The highest BCUT2D eigenvalue weighted by Gasteiger charge is 2.97. The van der Waals surface area contributed by atoms with Gasteiger partial charge in [0.25, 0.3) is 0 Å². The first-order valence-electron chi connectivity index (χ1n) is 13.7. The molecular weight excluding hydrogens is 466 g/mol. The third-order valence-corrected chi connectivity index (χ3v) is 12.2. The number of hydrogen-bond donors (Lipinski definition) is 1. The Bertz CT molecular complexity index is 979. The number of aliphatic hydroxyl groups is 1. The van der Waals surface area contributed by atoms with Crippen LogP contribution in [0.2, 0.25) is 0 Å². The fourth-order valence-electron chi connectivity index (χ4n) is 11.7. The molecule has 0 aromatic carbocycles. The second kappa shape index (κ2) is 7.23. The molecular formula is C27H41NO8. The molecule has 5 aliphatic carbocycles. The quantitative estimate of drug-likeness (QED) is 0.553. The van der Waals surface area contributed by atoms with E-state index in [1.54, 1.807) is 21.3 Å². The zero-order valence-corrected chi connectivity index (χ0v) is 22.3. The smallest absolute Gasteiger partial charge is 0.303 e. The molecule has 7 fully saturated rings. The molecule has 5 saturated carbocycles. The second-order valence-corrected chi connectivity index (χ2v) is 12.9. The summed E-state index contributed by atoms with van der Waals surface area (Å²) in [6.07, 6.45) is 1.69. The number of likely N-dealkylation sites (N-methyl/N-ethyl adjacent to an activating group) is 1. The molecule has 2 heterocycles. The van der Waals surface area contributed by atoms with E-state index in [1.807, 2.05) is 0 Å². The van der Waals surface area contributed by atoms with Crippen LogP contribution in [0.4, 0.5) is 0 Å². The Morgan fingerprint density at radius 1 is 1.11 bits per heavy atom. The first-order chi connectivity index (χ1) is 17.2. The Morgan fingerprint density at radius 3 is 2.53 bits per heavy atom. The summed E-state index contributed by atoms with van der Waals surface area (Å²) in [5.74, 6) is -0.771. The summed E-state index contributed by atoms with van der Waals surface area (Å²) >= 11 is 0. The Kier molecular flexibility index (Phi) is 4.87. The highest BCUT2D eigenvalue weighted by Crippen LogP contribution is 2.83. The van der Waals surface area contributed by atoms with E-state index in [1.165, 1.54) is 6.92 Å². The maximum Gasteiger partial charge on any atom is 0.303 e. The van der Waals surface area contributed by atoms with Gasteiger partial charge in [-0.25, -0.2) is 0 Å². The van der Waals surface area contributed by atoms with Crippen LogP contribution in [0.1, 0.15) is 46.5 Å². The van der Waals surface area contributed by atoms with Crippen LogP contribution in [-0.4, -0.2) is 104 Å². The van der Waals surface area contributed by atoms with Gasteiger partial charge in [-0.2, -0.15) is 0 Å². The van der Waals surface area contributed by atoms with Gasteiger partial charge in [-0.05, 0) is 31.2 Å². The topological polar surface area (TPSA) is 95.9 Å². The van der Waals surface area contributed by atoms with Crippen molar-refractivity contribution in [3.63, 3.8) is 0 Å². The zero-order chi connectivity index (χ0) is 25.5. The van der Waals surface area contributed by atoms with E-state index < -0.39 is 28.3 Å². The van der Waals surface area contributed by atoms with Crippen molar-refractivity contribution < 1.29 is 38.3 Å². The molecule has 2 aliphatic heterocycles. The summed E-state index contributed by atoms with van der Waals surface area (Å²) in [5, 5.41) is 13.4. The van der Waals surface area contributed by atoms with E-state index in [9.17, 15) is 9.90 Å². The number of piperidine rings is 1. The summed E-state index contributed by atoms with van der Waals surface area (Å²) in [7, 11) is 5.23. The monoisotopic (exact) mass is 507 g/mol. The number of carbonyl (C=O) groups excluding carboxylic acids is 1. The predicted octanol–water partition coefficient (Wildman–Crippen LogP) is 1.35. The van der Waals surface area contributed by atoms with Gasteiger partial charge in [-0.3, -0.25) is 9.69 Å². The van der Waals surface area contributed by atoms with Gasteiger partial charge in [-0.15, -0.1) is 0 Å². The molecule has 3 spiro atoms. The number of rotatable bonds is 5. The van der Waals surface area contributed by atoms with Gasteiger partial charge in [0.2, 0.25) is 0 Å². The van der Waals surface area contributed by atoms with Crippen molar-refractivity contribution in [3.05, 3.63) is 0 Å². The Labute approximate surface area is 213 Å². The second-order valence-electron chi connectivity index (χ2n) is 12.9. The number of esters is 1. The number of methoxy groups -OCH3 is 3. The normalized spacial score (nSPS) is 60.2. The van der Waals surface area contributed by atoms with Crippen LogP contribution in [0.3, 0.4) is 0 Å². The van der Waals surface area contributed by atoms with Crippen LogP contribution < -0.4 is 0 Å². The molecule has 1 unspecified atom stereocenters. The number of hydrogen-bond acceptors (Lipinski definition) is 9. The highest BCUT2D eigenvalue weighted by molar-refractivity contribution is 5.67. The van der Waals surface area contributed by atoms with Crippen molar-refractivity contribution in [2.24, 2.45) is 28.6 Å². The lowest BCUT2D eigenvalue weighted by Gasteiger charge is -2.71. The Morgan fingerprint density at radius 2 is 1.89 bits per heavy atom. The Hall–Kier alpha value is -0.810. The third-order valence-electron chi connectivity index (χ3n) is 12.2. The number of carbonyl (C=O) groups is 1. The van der Waals surface area contributed by atoms with Crippen molar-refractivity contribution in [2.75, 3.05) is 41.2 Å². The number of ether oxygens (including phenoxy) is 6. The summed E-state index contributed by atoms with van der Waals surface area (Å²) < 4.78 is 38.7. The SMILES string of the molecule is CCN1C[C@]2(C)CC[C@H](OC)[C@]34C1[C@]1(OCO[C@@]15C[C@H](OC)[C@H]1C[C@]3(O)[C@@H]5[C@H]1OC)[C@@H](OC(C)=O)[C@H]24. The van der Waals surface area contributed by atoms with Gasteiger partial charge >= 0.3 is 5.97 Å². The molecule has 0 aromatic heterocycles. The van der Waals surface area contributed by atoms with Crippen LogP contribution in [0.15, 0.2) is 0 Å². The van der Waals surface area contributed by atoms with Crippen molar-refractivity contribution >= 4 is 5.97 Å². The third kappa shape index (κ3) is 2.16. The molecule has 1 N–H and O–H groups in total. The fourth-order valence-corrected chi connectivity index (χ4v) is 11.7. The first kappa shape index (κ1) is 24.2. The van der Waals surface area contributed by atoms with Gasteiger partial charge in [0.1, 0.15) is 18.5 Å². The molecule has 0 aromatic rings. The summed E-state index contributed by atoms with van der Waals surface area (Å²) in [6, 6.07) is -0.224. The standard InChI is InChI=1S/C27H41NO8/c1-7-28-12-23(3)9-8-17(32-5)26-20(23)21(36-14(2)29)27(22(26)28)25(34-13-35-27)11-16(31-4)15-10-24(26,30)19(25)18(15)33-6/h15-22,30H,7-13H2,1-6H3/t15-,16+,17+,18+,19+,20-,21+,22?,23+,24+,25-,26+,27-/m1/s1. The van der Waals surface area contributed by atoms with Crippen molar-refractivity contribution in [3.8, 4) is 0 Å². The lowest BCUT2D eigenvalue weighted by Crippen LogP contribution is -2.85. The minimum absolute atomic E-state index is 0.0317. The number of fused-ring (bicyclic) bond motifs is 1. The molecule has 0 radical (unpaired) electrons. The summed E-state index contributed by atoms with van der Waals surface area (Å²) in [4.78, 5) is 15.3. The van der Waals surface area contributed by atoms with E-state index >= 15 is 0 Å². The predicted molar refractivity (Wildman–Crippen MR) is 126 cm³/mol. The van der Waals surface area contributed by atoms with E-state index in [-0.39, 0.29) is 60.3 Å². The molecule has 2 saturated heterocycles. The van der Waals surface area contributed by atoms with Crippen LogP contribution >= 0.6 is 0 Å². The average Bonchev–Trinajstić information content (AvgIpc) is 3.40. The van der Waals surface area contributed by atoms with E-state index in [2.05, 4.69) is 18.7 Å². The molecule has 7 aliphatic rings. The first-order valence-corrected chi connectivity index (χ1v) is 13.7. The lowest BCUT2D eigenvalue weighted by atomic mass is 9.41. The zero-order valence-electron chi connectivity index (χ0n) is 22.3. The van der Waals surface area contributed by atoms with Crippen molar-refractivity contribution in [1.82, 2.24) is 4.90 Å². The summed E-state index contributed by atoms with van der Waals surface area (Å²) in [5.41, 5.74) is -3.94. The van der Waals surface area contributed by atoms with Gasteiger partial charge in [0.05, 0.1) is 35.4 Å². The van der Waals surface area contributed by atoms with Crippen molar-refractivity contribution in [1.29, 1.82) is 0 Å². The van der Waals surface area contributed by atoms with Gasteiger partial charge in [0, 0.05) is 59.0 Å². The molecule has 36 heavy (non-hydrogen) atoms. The summed E-state index contributed by atoms with van der Waals surface area (Å²) in [6.45, 7) is 7.72. The minimum Gasteiger partial charge on any atom is -0.459 e. The van der Waals surface area contributed by atoms with Crippen LogP contribution in [-0.2, 0) is 33.2 Å². The maximum atomic E-state index is 13.4. The van der Waals surface area contributed by atoms with Gasteiger partial charge < -0.3 is 33.5 Å². The molecule has 9 nitrogen and oxygen atoms in total. The van der Waals surface area contributed by atoms with E-state index in [0.717, 1.165) is 25.9 Å². The van der Waals surface area contributed by atoms with E-state index in [0.29, 0.717) is 12.8 Å². The fraction of sp³-hybridized carbons (Fsp3) is 0.963. The largest absolute Gasteiger partial charge is 0.459 e. The molecule has 9 heteroatoms. The molecule has 0 amide bonds. The average molecular weight is 508 g/mol. The number of likely N-dealkylation sites (tertiary alicyclic amines) is 1.